The molecule has 8 aromatic carbocycles. The molecule has 0 aliphatic heterocycles. The van der Waals surface area contributed by atoms with E-state index in [-0.39, 0.29) is 87.0 Å². The molecule has 2 radical (unpaired) electrons. The van der Waals surface area contributed by atoms with Crippen molar-refractivity contribution >= 4 is 130 Å². The number of benzene rings is 8. The zero-order valence-corrected chi connectivity index (χ0v) is 71.5. The van der Waals surface area contributed by atoms with Crippen LogP contribution in [0.5, 0.6) is 0 Å². The summed E-state index contributed by atoms with van der Waals surface area (Å²) in [5.74, 6) is 9.59. The molecule has 0 saturated heterocycles. The maximum absolute atomic E-state index is 11.7. The number of aliphatic hydroxyl groups excluding tert-OH is 2. The average Bonchev–Trinajstić information content (AvgIpc) is 1.23. The number of carbonyl (C=O) groups excluding carboxylic acids is 2. The molecule has 0 amide bonds. The van der Waals surface area contributed by atoms with E-state index in [1.54, 1.807) is 0 Å². The maximum atomic E-state index is 11.7. The molecule has 0 unspecified atom stereocenters. The van der Waals surface area contributed by atoms with Gasteiger partial charge in [0.25, 0.3) is 0 Å². The first-order valence-corrected chi connectivity index (χ1v) is 47.9. The molecule has 0 aliphatic rings. The molecule has 0 saturated carbocycles. The number of hydrogen-bond donors (Lipinski definition) is 2. The smallest absolute Gasteiger partial charge is 0.162 e. The molecule has 12 heteroatoms. The summed E-state index contributed by atoms with van der Waals surface area (Å²) in [6, 6.07) is 59.4. The molecule has 12 aromatic rings. The van der Waals surface area contributed by atoms with Gasteiger partial charge in [-0.1, -0.05) is 160 Å². The Kier molecular flexibility index (Phi) is 29.7. The van der Waals surface area contributed by atoms with Crippen LogP contribution in [0.15, 0.2) is 178 Å². The van der Waals surface area contributed by atoms with Gasteiger partial charge in [0.15, 0.2) is 11.6 Å². The summed E-state index contributed by atoms with van der Waals surface area (Å²) in [6.45, 7) is 32.4. The summed E-state index contributed by atoms with van der Waals surface area (Å²) in [4.78, 5) is 33.9. The third-order valence-electron chi connectivity index (χ3n) is 19.9. The van der Waals surface area contributed by atoms with Crippen molar-refractivity contribution < 1.29 is 68.8 Å². The maximum Gasteiger partial charge on any atom is 0.162 e. The average molecular weight is 1800 g/mol. The number of pyridine rings is 2. The van der Waals surface area contributed by atoms with Crippen LogP contribution in [0.4, 0.5) is 0 Å². The zero-order valence-electron chi connectivity index (χ0n) is 63.6. The number of nitrogens with zero attached hydrogens (tertiary/aromatic N) is 2. The fourth-order valence-electron chi connectivity index (χ4n) is 14.1. The topological polar surface area (TPSA) is 127 Å². The van der Waals surface area contributed by atoms with E-state index < -0.39 is 21.3 Å². The molecule has 542 valence electrons. The van der Waals surface area contributed by atoms with E-state index in [0.717, 1.165) is 142 Å². The quantitative estimate of drug-likeness (QED) is 0.0226. The van der Waals surface area contributed by atoms with E-state index in [2.05, 4.69) is 210 Å². The van der Waals surface area contributed by atoms with Crippen LogP contribution in [0.25, 0.3) is 110 Å². The van der Waals surface area contributed by atoms with Gasteiger partial charge in [0, 0.05) is 86.8 Å². The van der Waals surface area contributed by atoms with Crippen LogP contribution < -0.4 is 9.58 Å². The predicted octanol–water partition coefficient (Wildman–Crippen LogP) is 24.7. The molecule has 0 atom stereocenters. The molecular weight excluding hydrogens is 1690 g/mol. The van der Waals surface area contributed by atoms with Gasteiger partial charge < -0.3 is 14.6 Å². The van der Waals surface area contributed by atoms with Crippen LogP contribution in [0.3, 0.4) is 0 Å². The minimum atomic E-state index is -2.28. The largest absolute Gasteiger partial charge is 0.512 e. The predicted molar refractivity (Wildman–Crippen MR) is 432 cm³/mol. The number of aliphatic hydroxyl groups is 2. The van der Waals surface area contributed by atoms with Gasteiger partial charge in [0.2, 0.25) is 0 Å². The summed E-state index contributed by atoms with van der Waals surface area (Å²) in [5, 5.41) is 33.3. The monoisotopic (exact) mass is 1800 g/mol. The molecule has 12 rings (SSSR count). The summed E-state index contributed by atoms with van der Waals surface area (Å²) < 4.78 is 14.4. The number of rotatable bonds is 22. The van der Waals surface area contributed by atoms with E-state index >= 15 is 0 Å². The van der Waals surface area contributed by atoms with Gasteiger partial charge in [-0.05, 0) is 92.3 Å². The van der Waals surface area contributed by atoms with Crippen molar-refractivity contribution in [2.75, 3.05) is 0 Å². The molecule has 2 N–H and O–H groups in total. The summed E-state index contributed by atoms with van der Waals surface area (Å²) in [6.07, 6.45) is 11.8. The first-order valence-electron chi connectivity index (χ1n) is 37.1. The van der Waals surface area contributed by atoms with E-state index in [1.807, 2.05) is 67.5 Å². The van der Waals surface area contributed by atoms with Crippen LogP contribution in [0.1, 0.15) is 146 Å². The number of hydrogen-bond acceptors (Lipinski definition) is 8. The van der Waals surface area contributed by atoms with Gasteiger partial charge in [-0.2, -0.15) is 0 Å². The number of aromatic nitrogens is 2. The number of carbonyl (C=O) groups is 2. The van der Waals surface area contributed by atoms with Gasteiger partial charge in [-0.15, -0.1) is 17.7 Å². The van der Waals surface area contributed by atoms with Crippen molar-refractivity contribution in [2.24, 2.45) is 35.5 Å². The second-order valence-electron chi connectivity index (χ2n) is 30.2. The second-order valence-corrected chi connectivity index (χ2v) is 45.8. The Balaban J connectivity index is 0.000000205. The number of furan rings is 2. The van der Waals surface area contributed by atoms with Crippen molar-refractivity contribution in [1.82, 2.24) is 9.97 Å². The molecule has 0 fully saturated rings. The molecular formula is C90H108GeIr2N2O6Si-2. The Morgan fingerprint density at radius 2 is 0.814 bits per heavy atom. The third-order valence-corrected chi connectivity index (χ3v) is 26.1. The minimum absolute atomic E-state index is 0. The van der Waals surface area contributed by atoms with E-state index in [4.69, 9.17) is 18.8 Å². The summed E-state index contributed by atoms with van der Waals surface area (Å²) in [5.41, 5.74) is 12.0. The van der Waals surface area contributed by atoms with Gasteiger partial charge in [-0.25, -0.2) is 0 Å². The van der Waals surface area contributed by atoms with Crippen molar-refractivity contribution in [2.45, 2.75) is 184 Å². The Morgan fingerprint density at radius 3 is 1.19 bits per heavy atom. The molecule has 102 heavy (non-hydrogen) atoms. The number of ketones is 2. The molecule has 8 nitrogen and oxygen atoms in total. The molecule has 0 bridgehead atoms. The first kappa shape index (κ1) is 82.5. The fourth-order valence-corrected chi connectivity index (χ4v) is 19.0. The van der Waals surface area contributed by atoms with E-state index in [9.17, 15) is 19.8 Å². The van der Waals surface area contributed by atoms with E-state index in [1.165, 1.54) is 65.2 Å². The van der Waals surface area contributed by atoms with Crippen molar-refractivity contribution in [3.8, 4) is 22.5 Å². The third kappa shape index (κ3) is 19.2. The Bertz CT molecular complexity index is 4610. The first-order chi connectivity index (χ1) is 47.8. The normalized spacial score (nSPS) is 12.3. The van der Waals surface area contributed by atoms with Crippen molar-refractivity contribution in [1.29, 1.82) is 0 Å². The molecule has 0 spiro atoms. The van der Waals surface area contributed by atoms with Gasteiger partial charge in [0.05, 0.1) is 30.7 Å². The Labute approximate surface area is 638 Å². The van der Waals surface area contributed by atoms with Crippen molar-refractivity contribution in [3.63, 3.8) is 0 Å². The Hall–Kier alpha value is -6.82. The van der Waals surface area contributed by atoms with E-state index in [0.29, 0.717) is 11.8 Å². The number of para-hydroxylation sites is 2. The SMILES string of the molecule is CC(C)Cc1[c-]c(-c2c[c]([Ge]([CH3])([CH3])[CH3])c3c(ccc4ccccc43)n2)c2oc3ccccc3c2c1.CC(C)Cc1[c-]c(-c2cc([Si](C)(C)C)c3c(ccc4ccccc43)n2)c2oc3ccccc3c2c1.CCC(CC)C(=O)C=C(O)C(CC)CC.CCC(CC)C(=O)C=C(O)C(CC)CC.[Ir].[Ir]. The van der Waals surface area contributed by atoms with Crippen LogP contribution >= 0.6 is 0 Å². The summed E-state index contributed by atoms with van der Waals surface area (Å²) >= 11 is -2.28. The zero-order chi connectivity index (χ0) is 72.3. The summed E-state index contributed by atoms with van der Waals surface area (Å²) in [7, 11) is -1.70. The molecule has 4 heterocycles. The van der Waals surface area contributed by atoms with Crippen LogP contribution in [-0.2, 0) is 62.6 Å². The van der Waals surface area contributed by atoms with Gasteiger partial charge >= 0.3 is 210 Å². The van der Waals surface area contributed by atoms with Gasteiger partial charge in [0.1, 0.15) is 5.58 Å². The standard InChI is InChI=1S/C32H30GeNO.C32H30NOSi.2C13H24O2.2Ir/c1-20(2)16-21-17-25-24-12-8-9-13-30(24)35-32(25)26(18-21)29-19-27(33(3,4)5)31-23-11-7-6-10-22(23)14-15-28(31)34-29;1-20(2)16-21-17-25-24-12-8-9-13-29(24)34-32(25)26(18-21)28-19-30(35(3,4)5)31-23-11-7-6-10-22(23)14-15-27(31)33-28;2*1-5-10(6-2)12(14)9-13(15)11(7-3)8-4;;/h2*6-15,17,19-20H,16H2,1-5H3;2*9-11,14H,5-8H2,1-4H3;;/q2*-1;;;;. The minimum Gasteiger partial charge on any atom is -0.512 e. The second kappa shape index (κ2) is 36.7. The van der Waals surface area contributed by atoms with Gasteiger partial charge in [-0.3, -0.25) is 14.6 Å². The van der Waals surface area contributed by atoms with Crippen molar-refractivity contribution in [3.05, 3.63) is 193 Å². The molecule has 4 aromatic heterocycles. The number of fused-ring (bicyclic) bond motifs is 12. The fraction of sp³-hybridized carbons (Fsp3) is 0.378. The Morgan fingerprint density at radius 1 is 0.461 bits per heavy atom. The van der Waals surface area contributed by atoms with Crippen LogP contribution in [0.2, 0.25) is 36.9 Å². The van der Waals surface area contributed by atoms with Crippen LogP contribution in [0, 0.1) is 47.6 Å². The van der Waals surface area contributed by atoms with Crippen LogP contribution in [-0.4, -0.2) is 53.1 Å². The number of allylic oxidation sites excluding steroid dienone is 4. The molecule has 0 aliphatic carbocycles.